The van der Waals surface area contributed by atoms with Gasteiger partial charge in [-0.3, -0.25) is 0 Å². The van der Waals surface area contributed by atoms with Crippen molar-refractivity contribution in [1.29, 1.82) is 0 Å². The molecular weight excluding hydrogens is 400 g/mol. The first kappa shape index (κ1) is 20.4. The monoisotopic (exact) mass is 411 g/mol. The lowest BCUT2D eigenvalue weighted by Gasteiger charge is -2.16. The van der Waals surface area contributed by atoms with Gasteiger partial charge in [0.25, 0.3) is 0 Å². The summed E-state index contributed by atoms with van der Waals surface area (Å²) in [6.45, 7) is 0. The lowest BCUT2D eigenvalue weighted by atomic mass is 9.96. The molecular formula is C20H11F6NO2. The van der Waals surface area contributed by atoms with E-state index < -0.39 is 40.7 Å². The second kappa shape index (κ2) is 7.23. The maximum Gasteiger partial charge on any atom is 0.417 e. The first-order valence-electron chi connectivity index (χ1n) is 8.07. The van der Waals surface area contributed by atoms with Crippen LogP contribution in [0.2, 0.25) is 0 Å². The van der Waals surface area contributed by atoms with Gasteiger partial charge >= 0.3 is 18.3 Å². The largest absolute Gasteiger partial charge is 0.476 e. The van der Waals surface area contributed by atoms with Crippen molar-refractivity contribution in [2.24, 2.45) is 0 Å². The fourth-order valence-electron chi connectivity index (χ4n) is 2.91. The minimum atomic E-state index is -4.76. The molecule has 0 unspecified atom stereocenters. The van der Waals surface area contributed by atoms with Gasteiger partial charge in [0, 0.05) is 11.1 Å². The standard InChI is InChI=1S/C20H11F6NO2/c21-19(22,23)14-7-3-1-5-11(14)12-9-10-16(27-17(12)18(28)29)13-6-2-4-8-15(13)20(24,25)26/h1-10H,(H,28,29). The van der Waals surface area contributed by atoms with Crippen molar-refractivity contribution < 1.29 is 36.2 Å². The van der Waals surface area contributed by atoms with Gasteiger partial charge < -0.3 is 5.11 Å². The average molecular weight is 411 g/mol. The third-order valence-corrected chi connectivity index (χ3v) is 4.13. The molecule has 9 heteroatoms. The molecule has 3 rings (SSSR count). The van der Waals surface area contributed by atoms with E-state index in [-0.39, 0.29) is 16.8 Å². The van der Waals surface area contributed by atoms with E-state index in [1.165, 1.54) is 18.2 Å². The second-order valence-corrected chi connectivity index (χ2v) is 5.98. The Labute approximate surface area is 160 Å². The van der Waals surface area contributed by atoms with Crippen LogP contribution in [-0.2, 0) is 12.4 Å². The molecule has 1 heterocycles. The van der Waals surface area contributed by atoms with Gasteiger partial charge in [0.15, 0.2) is 5.69 Å². The number of hydrogen-bond donors (Lipinski definition) is 1. The number of pyridine rings is 1. The number of carboxylic acids is 1. The number of carboxylic acid groups (broad SMARTS) is 1. The highest BCUT2D eigenvalue weighted by Crippen LogP contribution is 2.40. The summed E-state index contributed by atoms with van der Waals surface area (Å²) in [5, 5.41) is 9.46. The third-order valence-electron chi connectivity index (χ3n) is 4.13. The van der Waals surface area contributed by atoms with Gasteiger partial charge in [-0.2, -0.15) is 26.3 Å². The van der Waals surface area contributed by atoms with Crippen LogP contribution in [0.5, 0.6) is 0 Å². The van der Waals surface area contributed by atoms with Crippen LogP contribution in [0.3, 0.4) is 0 Å². The van der Waals surface area contributed by atoms with E-state index in [4.69, 9.17) is 0 Å². The second-order valence-electron chi connectivity index (χ2n) is 5.98. The SMILES string of the molecule is O=C(O)c1nc(-c2ccccc2C(F)(F)F)ccc1-c1ccccc1C(F)(F)F. The minimum Gasteiger partial charge on any atom is -0.476 e. The summed E-state index contributed by atoms with van der Waals surface area (Å²) >= 11 is 0. The summed E-state index contributed by atoms with van der Waals surface area (Å²) in [4.78, 5) is 15.4. The average Bonchev–Trinajstić information content (AvgIpc) is 2.66. The van der Waals surface area contributed by atoms with E-state index in [1.807, 2.05) is 0 Å². The van der Waals surface area contributed by atoms with E-state index in [0.717, 1.165) is 42.5 Å². The summed E-state index contributed by atoms with van der Waals surface area (Å²) < 4.78 is 79.7. The molecule has 0 saturated carbocycles. The van der Waals surface area contributed by atoms with Crippen LogP contribution < -0.4 is 0 Å². The summed E-state index contributed by atoms with van der Waals surface area (Å²) in [7, 11) is 0. The van der Waals surface area contributed by atoms with Gasteiger partial charge in [0.05, 0.1) is 16.8 Å². The van der Waals surface area contributed by atoms with E-state index in [9.17, 15) is 36.2 Å². The molecule has 0 saturated heterocycles. The molecule has 1 aromatic heterocycles. The summed E-state index contributed by atoms with van der Waals surface area (Å²) in [5.41, 5.74) is -4.36. The molecule has 0 atom stereocenters. The van der Waals surface area contributed by atoms with Crippen LogP contribution in [0, 0.1) is 0 Å². The molecule has 0 aliphatic carbocycles. The van der Waals surface area contributed by atoms with Crippen molar-refractivity contribution in [3.8, 4) is 22.4 Å². The number of halogens is 6. The van der Waals surface area contributed by atoms with E-state index in [0.29, 0.717) is 0 Å². The molecule has 0 radical (unpaired) electrons. The van der Waals surface area contributed by atoms with Gasteiger partial charge in [-0.05, 0) is 29.8 Å². The van der Waals surface area contributed by atoms with Crippen molar-refractivity contribution in [1.82, 2.24) is 4.98 Å². The van der Waals surface area contributed by atoms with Gasteiger partial charge in [0.2, 0.25) is 0 Å². The summed E-state index contributed by atoms with van der Waals surface area (Å²) in [5.74, 6) is -1.66. The lowest BCUT2D eigenvalue weighted by molar-refractivity contribution is -0.137. The molecule has 2 aromatic carbocycles. The van der Waals surface area contributed by atoms with Crippen LogP contribution >= 0.6 is 0 Å². The first-order chi connectivity index (χ1) is 13.5. The predicted octanol–water partition coefficient (Wildman–Crippen LogP) is 6.15. The van der Waals surface area contributed by atoms with E-state index in [1.54, 1.807) is 0 Å². The number of nitrogens with zero attached hydrogens (tertiary/aromatic N) is 1. The molecule has 0 bridgehead atoms. The van der Waals surface area contributed by atoms with E-state index in [2.05, 4.69) is 4.98 Å². The highest BCUT2D eigenvalue weighted by Gasteiger charge is 2.36. The molecule has 0 spiro atoms. The van der Waals surface area contributed by atoms with E-state index >= 15 is 0 Å². The van der Waals surface area contributed by atoms with Gasteiger partial charge in [-0.15, -0.1) is 0 Å². The zero-order valence-electron chi connectivity index (χ0n) is 14.3. The zero-order valence-corrected chi connectivity index (χ0v) is 14.3. The number of alkyl halides is 6. The quantitative estimate of drug-likeness (QED) is 0.526. The van der Waals surface area contributed by atoms with Crippen LogP contribution in [0.1, 0.15) is 21.6 Å². The fraction of sp³-hybridized carbons (Fsp3) is 0.100. The summed E-state index contributed by atoms with van der Waals surface area (Å²) in [6, 6.07) is 10.8. The summed E-state index contributed by atoms with van der Waals surface area (Å²) in [6.07, 6.45) is -9.48. The Morgan fingerprint density at radius 2 is 1.17 bits per heavy atom. The molecule has 0 amide bonds. The molecule has 29 heavy (non-hydrogen) atoms. The molecule has 0 aliphatic heterocycles. The molecule has 3 aromatic rings. The van der Waals surface area contributed by atoms with Crippen molar-refractivity contribution >= 4 is 5.97 Å². The normalized spacial score (nSPS) is 12.1. The number of aromatic carboxylic acids is 1. The maximum atomic E-state index is 13.3. The predicted molar refractivity (Wildman–Crippen MR) is 92.1 cm³/mol. The fourth-order valence-corrected chi connectivity index (χ4v) is 2.91. The Morgan fingerprint density at radius 3 is 1.69 bits per heavy atom. The van der Waals surface area contributed by atoms with Gasteiger partial charge in [-0.1, -0.05) is 36.4 Å². The highest BCUT2D eigenvalue weighted by molar-refractivity contribution is 5.95. The lowest BCUT2D eigenvalue weighted by Crippen LogP contribution is -2.11. The Morgan fingerprint density at radius 1 is 0.690 bits per heavy atom. The van der Waals surface area contributed by atoms with Gasteiger partial charge in [-0.25, -0.2) is 9.78 Å². The van der Waals surface area contributed by atoms with Crippen molar-refractivity contribution in [2.45, 2.75) is 12.4 Å². The van der Waals surface area contributed by atoms with Crippen molar-refractivity contribution in [3.05, 3.63) is 77.5 Å². The third kappa shape index (κ3) is 4.08. The first-order valence-corrected chi connectivity index (χ1v) is 8.07. The van der Waals surface area contributed by atoms with Gasteiger partial charge in [0.1, 0.15) is 0 Å². The number of aromatic nitrogens is 1. The Kier molecular flexibility index (Phi) is 5.08. The van der Waals surface area contributed by atoms with Crippen LogP contribution in [0.15, 0.2) is 60.7 Å². The van der Waals surface area contributed by atoms with Crippen molar-refractivity contribution in [3.63, 3.8) is 0 Å². The molecule has 0 fully saturated rings. The number of carbonyl (C=O) groups is 1. The topological polar surface area (TPSA) is 50.2 Å². The maximum absolute atomic E-state index is 13.3. The number of hydrogen-bond acceptors (Lipinski definition) is 2. The molecule has 1 N–H and O–H groups in total. The minimum absolute atomic E-state index is 0.316. The molecule has 150 valence electrons. The Balaban J connectivity index is 2.24. The zero-order chi connectivity index (χ0) is 21.4. The molecule has 3 nitrogen and oxygen atoms in total. The van der Waals surface area contributed by atoms with Crippen molar-refractivity contribution in [2.75, 3.05) is 0 Å². The Bertz CT molecular complexity index is 1070. The number of benzene rings is 2. The highest BCUT2D eigenvalue weighted by atomic mass is 19.4. The molecule has 0 aliphatic rings. The van der Waals surface area contributed by atoms with Crippen LogP contribution in [0.25, 0.3) is 22.4 Å². The van der Waals surface area contributed by atoms with Crippen LogP contribution in [0.4, 0.5) is 26.3 Å². The van der Waals surface area contributed by atoms with Crippen LogP contribution in [-0.4, -0.2) is 16.1 Å². The Hall–Kier alpha value is -3.36. The smallest absolute Gasteiger partial charge is 0.417 e. The number of rotatable bonds is 3.